The van der Waals surface area contributed by atoms with Gasteiger partial charge in [0.1, 0.15) is 0 Å². The van der Waals surface area contributed by atoms with Gasteiger partial charge in [0.05, 0.1) is 5.69 Å². The van der Waals surface area contributed by atoms with Crippen molar-refractivity contribution in [3.8, 4) is 0 Å². The zero-order chi connectivity index (χ0) is 14.2. The Labute approximate surface area is 124 Å². The van der Waals surface area contributed by atoms with Crippen molar-refractivity contribution in [2.75, 3.05) is 13.1 Å². The zero-order valence-corrected chi connectivity index (χ0v) is 13.4. The summed E-state index contributed by atoms with van der Waals surface area (Å²) in [6, 6.07) is 0.560. The molecule has 1 fully saturated rings. The maximum atomic E-state index is 4.75. The Morgan fingerprint density at radius 2 is 2.25 bits per heavy atom. The molecule has 1 saturated heterocycles. The number of nitrogens with zero attached hydrogens (tertiary/aromatic N) is 3. The molecule has 0 aliphatic carbocycles. The SMILES string of the molecule is CCC1(CC)CNC(C)CN1Cc1cn2ccsc2n1. The molecular formula is C15H24N4S. The second-order valence-electron chi connectivity index (χ2n) is 5.92. The van der Waals surface area contributed by atoms with Crippen LogP contribution in [0.1, 0.15) is 39.3 Å². The molecule has 1 atom stereocenters. The van der Waals surface area contributed by atoms with Crippen LogP contribution in [-0.4, -0.2) is 39.0 Å². The van der Waals surface area contributed by atoms with Crippen LogP contribution in [0.5, 0.6) is 0 Å². The molecule has 110 valence electrons. The first-order chi connectivity index (χ1) is 9.66. The van der Waals surface area contributed by atoms with Gasteiger partial charge in [-0.1, -0.05) is 13.8 Å². The van der Waals surface area contributed by atoms with E-state index in [0.29, 0.717) is 6.04 Å². The fraction of sp³-hybridized carbons (Fsp3) is 0.667. The van der Waals surface area contributed by atoms with Crippen LogP contribution >= 0.6 is 11.3 Å². The van der Waals surface area contributed by atoms with Gasteiger partial charge in [-0.05, 0) is 19.8 Å². The van der Waals surface area contributed by atoms with E-state index >= 15 is 0 Å². The molecule has 0 radical (unpaired) electrons. The fourth-order valence-corrected chi connectivity index (χ4v) is 4.01. The lowest BCUT2D eigenvalue weighted by atomic mass is 9.87. The Balaban J connectivity index is 1.83. The Hall–Kier alpha value is -0.910. The van der Waals surface area contributed by atoms with Crippen LogP contribution in [0, 0.1) is 0 Å². The molecule has 5 heteroatoms. The summed E-state index contributed by atoms with van der Waals surface area (Å²) in [6.07, 6.45) is 6.63. The van der Waals surface area contributed by atoms with Gasteiger partial charge in [0.25, 0.3) is 0 Å². The van der Waals surface area contributed by atoms with Crippen LogP contribution in [0.3, 0.4) is 0 Å². The molecule has 20 heavy (non-hydrogen) atoms. The van der Waals surface area contributed by atoms with Gasteiger partial charge in [-0.15, -0.1) is 11.3 Å². The third kappa shape index (κ3) is 2.38. The van der Waals surface area contributed by atoms with Crippen molar-refractivity contribution < 1.29 is 0 Å². The predicted molar refractivity (Wildman–Crippen MR) is 84.3 cm³/mol. The topological polar surface area (TPSA) is 32.6 Å². The first kappa shape index (κ1) is 14.0. The summed E-state index contributed by atoms with van der Waals surface area (Å²) in [5.74, 6) is 0. The van der Waals surface area contributed by atoms with Crippen molar-refractivity contribution in [1.29, 1.82) is 0 Å². The Kier molecular flexibility index (Phi) is 3.84. The van der Waals surface area contributed by atoms with E-state index in [4.69, 9.17) is 4.98 Å². The van der Waals surface area contributed by atoms with E-state index in [0.717, 1.165) is 24.6 Å². The van der Waals surface area contributed by atoms with Crippen molar-refractivity contribution in [2.24, 2.45) is 0 Å². The molecule has 1 N–H and O–H groups in total. The lowest BCUT2D eigenvalue weighted by Gasteiger charge is -2.49. The highest BCUT2D eigenvalue weighted by molar-refractivity contribution is 7.15. The van der Waals surface area contributed by atoms with Gasteiger partial charge < -0.3 is 5.32 Å². The second kappa shape index (κ2) is 5.47. The van der Waals surface area contributed by atoms with E-state index in [-0.39, 0.29) is 5.54 Å². The lowest BCUT2D eigenvalue weighted by Crippen LogP contribution is -2.63. The lowest BCUT2D eigenvalue weighted by molar-refractivity contribution is 0.0269. The zero-order valence-electron chi connectivity index (χ0n) is 12.6. The van der Waals surface area contributed by atoms with E-state index in [2.05, 4.69) is 53.2 Å². The third-order valence-electron chi connectivity index (χ3n) is 4.76. The highest BCUT2D eigenvalue weighted by atomic mass is 32.1. The molecule has 1 aliphatic rings. The number of hydrogen-bond acceptors (Lipinski definition) is 4. The van der Waals surface area contributed by atoms with Crippen LogP contribution in [0.2, 0.25) is 0 Å². The quantitative estimate of drug-likeness (QED) is 0.940. The monoisotopic (exact) mass is 292 g/mol. The van der Waals surface area contributed by atoms with E-state index in [1.807, 2.05) is 0 Å². The Morgan fingerprint density at radius 1 is 1.45 bits per heavy atom. The van der Waals surface area contributed by atoms with E-state index in [1.54, 1.807) is 11.3 Å². The van der Waals surface area contributed by atoms with E-state index in [9.17, 15) is 0 Å². The van der Waals surface area contributed by atoms with Crippen molar-refractivity contribution in [2.45, 2.75) is 51.7 Å². The average molecular weight is 292 g/mol. The predicted octanol–water partition coefficient (Wildman–Crippen LogP) is 2.75. The Morgan fingerprint density at radius 3 is 2.95 bits per heavy atom. The molecule has 0 aromatic carbocycles. The van der Waals surface area contributed by atoms with Crippen LogP contribution in [0.4, 0.5) is 0 Å². The van der Waals surface area contributed by atoms with Crippen molar-refractivity contribution in [1.82, 2.24) is 19.6 Å². The minimum Gasteiger partial charge on any atom is -0.311 e. The number of thiazole rings is 1. The maximum Gasteiger partial charge on any atom is 0.193 e. The summed E-state index contributed by atoms with van der Waals surface area (Å²) in [5, 5.41) is 5.73. The molecule has 4 nitrogen and oxygen atoms in total. The third-order valence-corrected chi connectivity index (χ3v) is 5.53. The highest BCUT2D eigenvalue weighted by Crippen LogP contribution is 2.28. The van der Waals surface area contributed by atoms with Crippen LogP contribution in [-0.2, 0) is 6.54 Å². The van der Waals surface area contributed by atoms with E-state index < -0.39 is 0 Å². The largest absolute Gasteiger partial charge is 0.311 e. The molecule has 0 saturated carbocycles. The van der Waals surface area contributed by atoms with Gasteiger partial charge in [0, 0.05) is 49.0 Å². The van der Waals surface area contributed by atoms with Crippen LogP contribution in [0.25, 0.3) is 4.96 Å². The second-order valence-corrected chi connectivity index (χ2v) is 6.79. The molecule has 0 spiro atoms. The number of nitrogens with one attached hydrogen (secondary N) is 1. The van der Waals surface area contributed by atoms with Gasteiger partial charge >= 0.3 is 0 Å². The fourth-order valence-electron chi connectivity index (χ4n) is 3.29. The number of fused-ring (bicyclic) bond motifs is 1. The van der Waals surface area contributed by atoms with Crippen molar-refractivity contribution >= 4 is 16.3 Å². The standard InChI is InChI=1S/C15H24N4S/c1-4-15(5-2)11-16-12(3)8-19(15)10-13-9-18-6-7-20-14(18)17-13/h6-7,9,12,16H,4-5,8,10-11H2,1-3H3. The van der Waals surface area contributed by atoms with E-state index in [1.165, 1.54) is 18.5 Å². The molecule has 1 aliphatic heterocycles. The molecule has 0 bridgehead atoms. The molecule has 2 aromatic heterocycles. The number of rotatable bonds is 4. The molecular weight excluding hydrogens is 268 g/mol. The summed E-state index contributed by atoms with van der Waals surface area (Å²) in [4.78, 5) is 8.48. The Bertz CT molecular complexity index is 541. The summed E-state index contributed by atoms with van der Waals surface area (Å²) in [7, 11) is 0. The van der Waals surface area contributed by atoms with Gasteiger partial charge in [-0.3, -0.25) is 9.30 Å². The number of piperazine rings is 1. The molecule has 2 aromatic rings. The minimum atomic E-state index is 0.281. The van der Waals surface area contributed by atoms with Crippen molar-refractivity contribution in [3.63, 3.8) is 0 Å². The van der Waals surface area contributed by atoms with Gasteiger partial charge in [-0.2, -0.15) is 0 Å². The molecule has 3 heterocycles. The van der Waals surface area contributed by atoms with Gasteiger partial charge in [0.2, 0.25) is 0 Å². The summed E-state index contributed by atoms with van der Waals surface area (Å²) < 4.78 is 2.13. The molecule has 3 rings (SSSR count). The number of imidazole rings is 1. The summed E-state index contributed by atoms with van der Waals surface area (Å²) >= 11 is 1.70. The maximum absolute atomic E-state index is 4.75. The normalized spacial score (nSPS) is 23.4. The van der Waals surface area contributed by atoms with Crippen molar-refractivity contribution in [3.05, 3.63) is 23.5 Å². The van der Waals surface area contributed by atoms with Crippen LogP contribution < -0.4 is 5.32 Å². The summed E-state index contributed by atoms with van der Waals surface area (Å²) in [6.45, 7) is 10.0. The number of hydrogen-bond donors (Lipinski definition) is 1. The highest BCUT2D eigenvalue weighted by Gasteiger charge is 2.37. The van der Waals surface area contributed by atoms with Crippen LogP contribution in [0.15, 0.2) is 17.8 Å². The molecule has 0 amide bonds. The molecule has 1 unspecified atom stereocenters. The summed E-state index contributed by atoms with van der Waals surface area (Å²) in [5.41, 5.74) is 1.47. The number of aromatic nitrogens is 2. The van der Waals surface area contributed by atoms with Gasteiger partial charge in [-0.25, -0.2) is 4.98 Å². The first-order valence-corrected chi connectivity index (χ1v) is 8.44. The minimum absolute atomic E-state index is 0.281. The van der Waals surface area contributed by atoms with Gasteiger partial charge in [0.15, 0.2) is 4.96 Å². The average Bonchev–Trinajstić information content (AvgIpc) is 3.01. The first-order valence-electron chi connectivity index (χ1n) is 7.56. The smallest absolute Gasteiger partial charge is 0.193 e.